The van der Waals surface area contributed by atoms with Gasteiger partial charge in [-0.3, -0.25) is 24.5 Å². The molecule has 0 aliphatic carbocycles. The van der Waals surface area contributed by atoms with Crippen molar-refractivity contribution >= 4 is 40.8 Å². The zero-order valence-corrected chi connectivity index (χ0v) is 28.9. The fourth-order valence-electron chi connectivity index (χ4n) is 6.48. The molecule has 2 aliphatic heterocycles. The molecule has 0 radical (unpaired) electrons. The lowest BCUT2D eigenvalue weighted by molar-refractivity contribution is -0.143. The second-order valence-electron chi connectivity index (χ2n) is 13.0. The minimum absolute atomic E-state index is 0.0683. The molecule has 1 aromatic heterocycles. The Labute approximate surface area is 293 Å². The lowest BCUT2D eigenvalue weighted by Gasteiger charge is -2.31. The predicted octanol–water partition coefficient (Wildman–Crippen LogP) is 6.78. The second kappa shape index (κ2) is 14.1. The van der Waals surface area contributed by atoms with Gasteiger partial charge in [0.15, 0.2) is 5.69 Å². The zero-order chi connectivity index (χ0) is 35.0. The topological polar surface area (TPSA) is 129 Å². The van der Waals surface area contributed by atoms with Crippen LogP contribution in [0.15, 0.2) is 54.6 Å². The molecule has 1 fully saturated rings. The molecular formula is C36H38Cl2FN5O5. The molecular weight excluding hydrogens is 672 g/mol. The van der Waals surface area contributed by atoms with Gasteiger partial charge in [-0.1, -0.05) is 53.5 Å². The number of aryl methyl sites for hydroxylation is 1. The average molecular weight is 711 g/mol. The molecule has 1 unspecified atom stereocenters. The molecule has 4 N–H and O–H groups in total. The van der Waals surface area contributed by atoms with Gasteiger partial charge in [0, 0.05) is 48.4 Å². The maximum absolute atomic E-state index is 15.5. The number of methoxy groups -OCH3 is 1. The van der Waals surface area contributed by atoms with Crippen molar-refractivity contribution in [1.29, 1.82) is 0 Å². The SMILES string of the molecule is COc1cc(-c2cccc(-c3cccc(NC(=O)c4cc5n(n4)CCCC5N4CC[C@@H](O)C4)c3Cl)c2Cl)cc(F)c1CNC(C)(C)C(=O)O. The molecule has 2 aliphatic rings. The number of carbonyl (C=O) groups is 2. The van der Waals surface area contributed by atoms with E-state index in [0.717, 1.165) is 38.0 Å². The molecule has 49 heavy (non-hydrogen) atoms. The summed E-state index contributed by atoms with van der Waals surface area (Å²) in [5.74, 6) is -1.82. The van der Waals surface area contributed by atoms with Gasteiger partial charge < -0.3 is 20.3 Å². The van der Waals surface area contributed by atoms with E-state index in [0.29, 0.717) is 39.5 Å². The highest BCUT2D eigenvalue weighted by molar-refractivity contribution is 6.39. The number of carboxylic acid groups (broad SMARTS) is 1. The lowest BCUT2D eigenvalue weighted by Crippen LogP contribution is -2.46. The standard InChI is InChI=1S/C36H38Cl2FN5O5/c1-36(2,35(47)48)40-18-25-26(39)15-20(16-31(25)49-3)22-7-4-8-23(32(22)37)24-9-5-10-27(33(24)38)41-34(46)28-17-30-29(11-6-13-44(30)42-28)43-14-12-21(45)19-43/h4-5,7-10,15-17,21,29,40,45H,6,11-14,18-19H2,1-3H3,(H,41,46)(H,47,48)/t21-,29?/m1/s1. The number of ether oxygens (including phenoxy) is 1. The zero-order valence-electron chi connectivity index (χ0n) is 27.4. The summed E-state index contributed by atoms with van der Waals surface area (Å²) in [5, 5.41) is 30.4. The molecule has 0 saturated carbocycles. The number of aromatic nitrogens is 2. The van der Waals surface area contributed by atoms with Crippen LogP contribution < -0.4 is 15.4 Å². The number of likely N-dealkylation sites (tertiary alicyclic amines) is 1. The van der Waals surface area contributed by atoms with Crippen molar-refractivity contribution in [2.24, 2.45) is 0 Å². The molecule has 3 heterocycles. The van der Waals surface area contributed by atoms with Crippen LogP contribution in [0.2, 0.25) is 10.0 Å². The first kappa shape index (κ1) is 34.8. The van der Waals surface area contributed by atoms with E-state index in [1.807, 2.05) is 10.7 Å². The van der Waals surface area contributed by atoms with Crippen LogP contribution in [0.25, 0.3) is 22.3 Å². The number of nitrogens with one attached hydrogen (secondary N) is 2. The number of hydrogen-bond donors (Lipinski definition) is 4. The quantitative estimate of drug-likeness (QED) is 0.142. The number of nitrogens with zero attached hydrogens (tertiary/aromatic N) is 3. The molecule has 1 saturated heterocycles. The largest absolute Gasteiger partial charge is 0.496 e. The van der Waals surface area contributed by atoms with Gasteiger partial charge in [-0.15, -0.1) is 0 Å². The number of amides is 1. The Kier molecular flexibility index (Phi) is 10.0. The van der Waals surface area contributed by atoms with Crippen molar-refractivity contribution in [3.05, 3.63) is 87.4 Å². The number of fused-ring (bicyclic) bond motifs is 1. The fraction of sp³-hybridized carbons (Fsp3) is 0.361. The summed E-state index contributed by atoms with van der Waals surface area (Å²) in [4.78, 5) is 27.3. The predicted molar refractivity (Wildman–Crippen MR) is 187 cm³/mol. The van der Waals surface area contributed by atoms with Crippen LogP contribution in [0.1, 0.15) is 60.9 Å². The normalized spacial score (nSPS) is 17.9. The van der Waals surface area contributed by atoms with Crippen LogP contribution in [0.4, 0.5) is 10.1 Å². The van der Waals surface area contributed by atoms with E-state index in [2.05, 4.69) is 20.6 Å². The monoisotopic (exact) mass is 709 g/mol. The van der Waals surface area contributed by atoms with E-state index < -0.39 is 23.2 Å². The summed E-state index contributed by atoms with van der Waals surface area (Å²) in [5.41, 5.74) is 2.65. The minimum Gasteiger partial charge on any atom is -0.496 e. The molecule has 4 aromatic rings. The Morgan fingerprint density at radius 2 is 1.76 bits per heavy atom. The summed E-state index contributed by atoms with van der Waals surface area (Å²) in [6, 6.07) is 15.5. The molecule has 13 heteroatoms. The first-order valence-electron chi connectivity index (χ1n) is 16.1. The van der Waals surface area contributed by atoms with Crippen molar-refractivity contribution in [2.75, 3.05) is 25.5 Å². The van der Waals surface area contributed by atoms with Crippen LogP contribution in [0, 0.1) is 5.82 Å². The van der Waals surface area contributed by atoms with E-state index >= 15 is 4.39 Å². The number of hydrogen-bond acceptors (Lipinski definition) is 7. The van der Waals surface area contributed by atoms with E-state index in [1.165, 1.54) is 27.0 Å². The van der Waals surface area contributed by atoms with Crippen LogP contribution in [-0.4, -0.2) is 68.6 Å². The van der Waals surface area contributed by atoms with Gasteiger partial charge in [-0.05, 0) is 62.9 Å². The number of anilines is 1. The third kappa shape index (κ3) is 7.04. The number of carboxylic acids is 1. The first-order valence-corrected chi connectivity index (χ1v) is 16.9. The van der Waals surface area contributed by atoms with Gasteiger partial charge in [-0.25, -0.2) is 4.39 Å². The maximum atomic E-state index is 15.5. The second-order valence-corrected chi connectivity index (χ2v) is 13.7. The number of β-amino-alcohol motifs (C(OH)–C–C–N with tert-alkyl or cyclic N) is 1. The molecule has 6 rings (SSSR count). The smallest absolute Gasteiger partial charge is 0.323 e. The van der Waals surface area contributed by atoms with Crippen molar-refractivity contribution in [2.45, 2.75) is 63.9 Å². The molecule has 258 valence electrons. The molecule has 3 aromatic carbocycles. The lowest BCUT2D eigenvalue weighted by atomic mass is 9.96. The number of aliphatic hydroxyl groups excluding tert-OH is 1. The maximum Gasteiger partial charge on any atom is 0.323 e. The third-order valence-corrected chi connectivity index (χ3v) is 10.1. The number of aliphatic hydroxyl groups is 1. The van der Waals surface area contributed by atoms with Gasteiger partial charge in [0.2, 0.25) is 0 Å². The Bertz CT molecular complexity index is 1910. The number of aliphatic carboxylic acids is 1. The summed E-state index contributed by atoms with van der Waals surface area (Å²) in [6.07, 6.45) is 2.29. The van der Waals surface area contributed by atoms with E-state index in [-0.39, 0.29) is 40.7 Å². The van der Waals surface area contributed by atoms with Crippen molar-refractivity contribution in [3.63, 3.8) is 0 Å². The molecule has 2 atom stereocenters. The minimum atomic E-state index is -1.28. The molecule has 0 spiro atoms. The number of benzene rings is 3. The van der Waals surface area contributed by atoms with Gasteiger partial charge >= 0.3 is 5.97 Å². The highest BCUT2D eigenvalue weighted by Crippen LogP contribution is 2.43. The van der Waals surface area contributed by atoms with Crippen molar-refractivity contribution in [3.8, 4) is 28.0 Å². The van der Waals surface area contributed by atoms with Crippen LogP contribution in [0.5, 0.6) is 5.75 Å². The van der Waals surface area contributed by atoms with Gasteiger partial charge in [0.05, 0.1) is 40.7 Å². The van der Waals surface area contributed by atoms with E-state index in [4.69, 9.17) is 27.9 Å². The van der Waals surface area contributed by atoms with E-state index in [1.54, 1.807) is 42.5 Å². The highest BCUT2D eigenvalue weighted by Gasteiger charge is 2.33. The molecule has 1 amide bonds. The first-order chi connectivity index (χ1) is 23.4. The van der Waals surface area contributed by atoms with Gasteiger partial charge in [-0.2, -0.15) is 5.10 Å². The van der Waals surface area contributed by atoms with Crippen LogP contribution >= 0.6 is 23.2 Å². The third-order valence-electron chi connectivity index (χ3n) is 9.33. The Balaban J connectivity index is 1.25. The Morgan fingerprint density at radius 3 is 2.45 bits per heavy atom. The molecule has 0 bridgehead atoms. The summed E-state index contributed by atoms with van der Waals surface area (Å²) in [6.45, 7) is 5.06. The number of rotatable bonds is 10. The van der Waals surface area contributed by atoms with Gasteiger partial charge in [0.1, 0.15) is 17.1 Å². The highest BCUT2D eigenvalue weighted by atomic mass is 35.5. The fourth-order valence-corrected chi connectivity index (χ4v) is 7.10. The van der Waals surface area contributed by atoms with Gasteiger partial charge in [0.25, 0.3) is 5.91 Å². The number of carbonyl (C=O) groups excluding carboxylic acids is 1. The Morgan fingerprint density at radius 1 is 1.04 bits per heavy atom. The van der Waals surface area contributed by atoms with Crippen LogP contribution in [-0.2, 0) is 17.9 Å². The van der Waals surface area contributed by atoms with E-state index in [9.17, 15) is 19.8 Å². The molecule has 10 nitrogen and oxygen atoms in total. The van der Waals surface area contributed by atoms with Crippen molar-refractivity contribution < 1.29 is 28.9 Å². The number of halogens is 3. The summed E-state index contributed by atoms with van der Waals surface area (Å²) >= 11 is 13.9. The summed E-state index contributed by atoms with van der Waals surface area (Å²) < 4.78 is 22.9. The van der Waals surface area contributed by atoms with Crippen molar-refractivity contribution in [1.82, 2.24) is 20.0 Å². The Hall–Kier alpha value is -4.00. The van der Waals surface area contributed by atoms with Crippen LogP contribution in [0.3, 0.4) is 0 Å². The average Bonchev–Trinajstić information content (AvgIpc) is 3.71. The summed E-state index contributed by atoms with van der Waals surface area (Å²) in [7, 11) is 1.41.